The fourth-order valence-electron chi connectivity index (χ4n) is 0.419. The van der Waals surface area contributed by atoms with Crippen molar-refractivity contribution in [1.29, 1.82) is 0 Å². The second-order valence-electron chi connectivity index (χ2n) is 1.69. The molecule has 0 aromatic heterocycles. The number of hydrogen-bond donors (Lipinski definition) is 0. The lowest BCUT2D eigenvalue weighted by molar-refractivity contribution is 0.170. The Morgan fingerprint density at radius 3 is 2.56 bits per heavy atom. The minimum atomic E-state index is 0.603. The van der Waals surface area contributed by atoms with Crippen LogP contribution in [0.25, 0.3) is 0 Å². The van der Waals surface area contributed by atoms with Gasteiger partial charge in [0.25, 0.3) is 0 Å². The topological polar surface area (TPSA) is 18.5 Å². The van der Waals surface area contributed by atoms with E-state index >= 15 is 0 Å². The molecule has 0 spiro atoms. The molecule has 54 valence electrons. The molecule has 0 rings (SSSR count). The molecule has 0 atom stereocenters. The fourth-order valence-corrected chi connectivity index (χ4v) is 0.502. The number of rotatable bonds is 4. The summed E-state index contributed by atoms with van der Waals surface area (Å²) in [6, 6.07) is 0. The first-order chi connectivity index (χ1) is 4.27. The first kappa shape index (κ1) is 8.85. The molecule has 0 aromatic carbocycles. The first-order valence-electron chi connectivity index (χ1n) is 2.89. The maximum Gasteiger partial charge on any atom is 0.156 e. The van der Waals surface area contributed by atoms with Crippen molar-refractivity contribution in [2.45, 2.75) is 13.3 Å². The van der Waals surface area contributed by atoms with Gasteiger partial charge in [-0.15, -0.1) is 0 Å². The molecule has 0 saturated heterocycles. The van der Waals surface area contributed by atoms with E-state index in [1.165, 1.54) is 0 Å². The van der Waals surface area contributed by atoms with Gasteiger partial charge in [-0.2, -0.15) is 0 Å². The molecule has 0 N–H and O–H groups in total. The summed E-state index contributed by atoms with van der Waals surface area (Å²) in [6.07, 6.45) is 0.907. The zero-order chi connectivity index (χ0) is 7.11. The van der Waals surface area contributed by atoms with Crippen LogP contribution in [0.3, 0.4) is 0 Å². The molecule has 0 radical (unpaired) electrons. The van der Waals surface area contributed by atoms with Crippen molar-refractivity contribution in [3.05, 3.63) is 0 Å². The average Bonchev–Trinajstić information content (AvgIpc) is 1.80. The van der Waals surface area contributed by atoms with E-state index in [0.29, 0.717) is 11.7 Å². The molecule has 0 heterocycles. The lowest BCUT2D eigenvalue weighted by Gasteiger charge is -2.01. The van der Waals surface area contributed by atoms with E-state index in [2.05, 4.69) is 12.2 Å². The highest BCUT2D eigenvalue weighted by Crippen LogP contribution is 1.85. The number of hydrogen-bond acceptors (Lipinski definition) is 3. The number of methoxy groups -OCH3 is 1. The van der Waals surface area contributed by atoms with Crippen molar-refractivity contribution in [2.24, 2.45) is 0 Å². The maximum absolute atomic E-state index is 5.00. The van der Waals surface area contributed by atoms with Crippen LogP contribution in [0.1, 0.15) is 13.3 Å². The summed E-state index contributed by atoms with van der Waals surface area (Å²) in [6.45, 7) is 3.17. The fraction of sp³-hybridized carbons (Fsp3) is 0.833. The van der Waals surface area contributed by atoms with Gasteiger partial charge < -0.3 is 9.47 Å². The van der Waals surface area contributed by atoms with Gasteiger partial charge in [0.15, 0.2) is 5.05 Å². The summed E-state index contributed by atoms with van der Waals surface area (Å²) in [5.74, 6) is 0. The Bertz CT molecular complexity index is 83.1. The van der Waals surface area contributed by atoms with E-state index in [-0.39, 0.29) is 0 Å². The average molecular weight is 148 g/mol. The van der Waals surface area contributed by atoms with Crippen LogP contribution in [0.2, 0.25) is 0 Å². The zero-order valence-electron chi connectivity index (χ0n) is 5.85. The molecular formula is C6H12O2S. The van der Waals surface area contributed by atoms with Crippen LogP contribution in [0.15, 0.2) is 0 Å². The van der Waals surface area contributed by atoms with E-state index in [0.717, 1.165) is 13.0 Å². The second-order valence-corrected chi connectivity index (χ2v) is 2.26. The van der Waals surface area contributed by atoms with Gasteiger partial charge in [-0.1, -0.05) is 0 Å². The molecule has 0 aliphatic rings. The molecule has 0 bridgehead atoms. The third kappa shape index (κ3) is 7.85. The SMILES string of the molecule is COCCCOC(C)=S. The van der Waals surface area contributed by atoms with Gasteiger partial charge in [0.05, 0.1) is 6.61 Å². The normalized spacial score (nSPS) is 9.11. The standard InChI is InChI=1S/C6H12O2S/c1-6(9)8-5-3-4-7-2/h3-5H2,1-2H3. The van der Waals surface area contributed by atoms with Gasteiger partial charge in [0, 0.05) is 27.1 Å². The van der Waals surface area contributed by atoms with Crippen molar-refractivity contribution in [2.75, 3.05) is 20.3 Å². The minimum Gasteiger partial charge on any atom is -0.487 e. The summed E-state index contributed by atoms with van der Waals surface area (Å²) in [5.41, 5.74) is 0. The first-order valence-corrected chi connectivity index (χ1v) is 3.30. The molecule has 0 aromatic rings. The quantitative estimate of drug-likeness (QED) is 0.443. The third-order valence-electron chi connectivity index (χ3n) is 0.798. The van der Waals surface area contributed by atoms with Gasteiger partial charge in [-0.05, 0) is 12.2 Å². The van der Waals surface area contributed by atoms with Crippen LogP contribution in [0, 0.1) is 0 Å². The van der Waals surface area contributed by atoms with Crippen molar-refractivity contribution >= 4 is 17.3 Å². The monoisotopic (exact) mass is 148 g/mol. The predicted octanol–water partition coefficient (Wildman–Crippen LogP) is 1.39. The highest BCUT2D eigenvalue weighted by atomic mass is 32.1. The Kier molecular flexibility index (Phi) is 5.88. The lowest BCUT2D eigenvalue weighted by Crippen LogP contribution is -2.01. The Hall–Kier alpha value is -0.150. The second kappa shape index (κ2) is 5.98. The molecule has 2 nitrogen and oxygen atoms in total. The summed E-state index contributed by atoms with van der Waals surface area (Å²) < 4.78 is 9.80. The highest BCUT2D eigenvalue weighted by Gasteiger charge is 1.87. The number of ether oxygens (including phenoxy) is 2. The molecular weight excluding hydrogens is 136 g/mol. The molecule has 9 heavy (non-hydrogen) atoms. The predicted molar refractivity (Wildman–Crippen MR) is 40.7 cm³/mol. The molecule has 0 saturated carbocycles. The van der Waals surface area contributed by atoms with Crippen molar-refractivity contribution in [3.8, 4) is 0 Å². The van der Waals surface area contributed by atoms with E-state index in [1.807, 2.05) is 0 Å². The zero-order valence-corrected chi connectivity index (χ0v) is 6.66. The van der Waals surface area contributed by atoms with E-state index in [4.69, 9.17) is 9.47 Å². The molecule has 0 aliphatic heterocycles. The summed E-state index contributed by atoms with van der Waals surface area (Å²) >= 11 is 4.68. The molecule has 0 fully saturated rings. The van der Waals surface area contributed by atoms with E-state index in [9.17, 15) is 0 Å². The van der Waals surface area contributed by atoms with Crippen molar-refractivity contribution < 1.29 is 9.47 Å². The Balaban J connectivity index is 2.83. The smallest absolute Gasteiger partial charge is 0.156 e. The van der Waals surface area contributed by atoms with Gasteiger partial charge in [0.2, 0.25) is 0 Å². The van der Waals surface area contributed by atoms with Crippen molar-refractivity contribution in [1.82, 2.24) is 0 Å². The Morgan fingerprint density at radius 1 is 1.44 bits per heavy atom. The van der Waals surface area contributed by atoms with Crippen molar-refractivity contribution in [3.63, 3.8) is 0 Å². The Labute approximate surface area is 61.1 Å². The molecule has 0 amide bonds. The molecule has 0 aliphatic carbocycles. The molecule has 3 heteroatoms. The van der Waals surface area contributed by atoms with Gasteiger partial charge >= 0.3 is 0 Å². The van der Waals surface area contributed by atoms with Crippen LogP contribution in [-0.2, 0) is 9.47 Å². The van der Waals surface area contributed by atoms with Crippen LogP contribution in [0.4, 0.5) is 0 Å². The van der Waals surface area contributed by atoms with Gasteiger partial charge in [0.1, 0.15) is 0 Å². The van der Waals surface area contributed by atoms with Gasteiger partial charge in [-0.3, -0.25) is 0 Å². The highest BCUT2D eigenvalue weighted by molar-refractivity contribution is 7.80. The third-order valence-corrected chi connectivity index (χ3v) is 0.916. The van der Waals surface area contributed by atoms with E-state index < -0.39 is 0 Å². The largest absolute Gasteiger partial charge is 0.487 e. The summed E-state index contributed by atoms with van der Waals surface area (Å²) in [7, 11) is 1.67. The maximum atomic E-state index is 5.00. The summed E-state index contributed by atoms with van der Waals surface area (Å²) in [4.78, 5) is 0. The molecule has 0 unspecified atom stereocenters. The van der Waals surface area contributed by atoms with Crippen LogP contribution < -0.4 is 0 Å². The van der Waals surface area contributed by atoms with Crippen LogP contribution in [-0.4, -0.2) is 25.4 Å². The van der Waals surface area contributed by atoms with Crippen LogP contribution in [0.5, 0.6) is 0 Å². The van der Waals surface area contributed by atoms with Crippen LogP contribution >= 0.6 is 12.2 Å². The van der Waals surface area contributed by atoms with E-state index in [1.54, 1.807) is 14.0 Å². The number of thiocarbonyl (C=S) groups is 1. The summed E-state index contributed by atoms with van der Waals surface area (Å²) in [5, 5.41) is 0.603. The lowest BCUT2D eigenvalue weighted by atomic mass is 10.5. The van der Waals surface area contributed by atoms with Gasteiger partial charge in [-0.25, -0.2) is 0 Å². The Morgan fingerprint density at radius 2 is 2.11 bits per heavy atom. The minimum absolute atomic E-state index is 0.603.